The van der Waals surface area contributed by atoms with Crippen molar-refractivity contribution < 1.29 is 18.0 Å². The first-order valence-electron chi connectivity index (χ1n) is 5.48. The minimum absolute atomic E-state index is 0.0895. The highest BCUT2D eigenvalue weighted by molar-refractivity contribution is 5.85. The lowest BCUT2D eigenvalue weighted by Crippen LogP contribution is -2.49. The molecule has 0 spiro atoms. The number of carbonyl (C=O) groups excluding carboxylic acids is 1. The van der Waals surface area contributed by atoms with Gasteiger partial charge in [-0.2, -0.15) is 13.2 Å². The van der Waals surface area contributed by atoms with Crippen molar-refractivity contribution in [1.29, 1.82) is 0 Å². The van der Waals surface area contributed by atoms with E-state index in [-0.39, 0.29) is 12.0 Å². The van der Waals surface area contributed by atoms with Crippen LogP contribution in [0.3, 0.4) is 0 Å². The average molecular weight is 260 g/mol. The molecule has 1 aromatic carbocycles. The van der Waals surface area contributed by atoms with Gasteiger partial charge in [0.1, 0.15) is 5.54 Å². The number of amides is 1. The molecule has 0 aliphatic rings. The maximum absolute atomic E-state index is 12.6. The molecule has 0 aliphatic heterocycles. The molecule has 0 saturated carbocycles. The molecule has 6 heteroatoms. The zero-order valence-electron chi connectivity index (χ0n) is 9.92. The Hall–Kier alpha value is -1.56. The van der Waals surface area contributed by atoms with Crippen LogP contribution in [0.4, 0.5) is 13.2 Å². The number of hydrogen-bond acceptors (Lipinski definition) is 2. The van der Waals surface area contributed by atoms with Crippen LogP contribution in [-0.2, 0) is 16.5 Å². The molecule has 0 bridgehead atoms. The summed E-state index contributed by atoms with van der Waals surface area (Å²) in [5.74, 6) is -0.830. The fourth-order valence-electron chi connectivity index (χ4n) is 1.78. The van der Waals surface area contributed by atoms with Gasteiger partial charge in [-0.15, -0.1) is 0 Å². The Bertz CT molecular complexity index is 445. The molecular weight excluding hydrogens is 245 g/mol. The molecule has 0 saturated heterocycles. The Morgan fingerprint density at radius 2 is 1.83 bits per heavy atom. The highest BCUT2D eigenvalue weighted by Crippen LogP contribution is 2.32. The summed E-state index contributed by atoms with van der Waals surface area (Å²) in [6, 6.07) is 4.41. The Balaban J connectivity index is 3.27. The van der Waals surface area contributed by atoms with Crippen LogP contribution >= 0.6 is 0 Å². The van der Waals surface area contributed by atoms with Crippen molar-refractivity contribution in [3.05, 3.63) is 35.4 Å². The average Bonchev–Trinajstić information content (AvgIpc) is 2.28. The number of rotatable bonds is 4. The monoisotopic (exact) mass is 260 g/mol. The molecule has 100 valence electrons. The Kier molecular flexibility index (Phi) is 4.01. The van der Waals surface area contributed by atoms with E-state index in [2.05, 4.69) is 0 Å². The molecule has 18 heavy (non-hydrogen) atoms. The largest absolute Gasteiger partial charge is 0.416 e. The fourth-order valence-corrected chi connectivity index (χ4v) is 1.78. The van der Waals surface area contributed by atoms with Crippen molar-refractivity contribution >= 4 is 5.91 Å². The summed E-state index contributed by atoms with van der Waals surface area (Å²) in [5.41, 5.74) is 8.74. The number of nitrogens with two attached hydrogens (primary N) is 2. The molecule has 0 heterocycles. The zero-order valence-corrected chi connectivity index (χ0v) is 9.92. The van der Waals surface area contributed by atoms with Gasteiger partial charge >= 0.3 is 6.18 Å². The number of hydrogen-bond donors (Lipinski definition) is 2. The quantitative estimate of drug-likeness (QED) is 0.870. The van der Waals surface area contributed by atoms with E-state index >= 15 is 0 Å². The van der Waals surface area contributed by atoms with Gasteiger partial charge in [0.05, 0.1) is 5.56 Å². The molecule has 3 nitrogen and oxygen atoms in total. The van der Waals surface area contributed by atoms with Crippen molar-refractivity contribution in [2.24, 2.45) is 11.5 Å². The van der Waals surface area contributed by atoms with Gasteiger partial charge < -0.3 is 11.5 Å². The lowest BCUT2D eigenvalue weighted by molar-refractivity contribution is -0.137. The Morgan fingerprint density at radius 1 is 1.28 bits per heavy atom. The van der Waals surface area contributed by atoms with Gasteiger partial charge in [-0.25, -0.2) is 0 Å². The van der Waals surface area contributed by atoms with Crippen LogP contribution in [0, 0.1) is 0 Å². The minimum Gasteiger partial charge on any atom is -0.368 e. The van der Waals surface area contributed by atoms with Crippen LogP contribution < -0.4 is 11.5 Å². The molecule has 0 aromatic heterocycles. The number of primary amides is 1. The summed E-state index contributed by atoms with van der Waals surface area (Å²) in [5, 5.41) is 0. The summed E-state index contributed by atoms with van der Waals surface area (Å²) in [6.07, 6.45) is -3.74. The molecular formula is C12H15F3N2O. The Labute approximate surface area is 103 Å². The van der Waals surface area contributed by atoms with Crippen LogP contribution in [0.25, 0.3) is 0 Å². The summed E-state index contributed by atoms with van der Waals surface area (Å²) < 4.78 is 37.8. The summed E-state index contributed by atoms with van der Waals surface area (Å²) in [7, 11) is 0. The second-order valence-electron chi connectivity index (χ2n) is 4.16. The highest BCUT2D eigenvalue weighted by Gasteiger charge is 2.36. The fraction of sp³-hybridized carbons (Fsp3) is 0.417. The maximum atomic E-state index is 12.6. The predicted molar refractivity (Wildman–Crippen MR) is 61.4 cm³/mol. The third-order valence-electron chi connectivity index (χ3n) is 2.79. The second-order valence-corrected chi connectivity index (χ2v) is 4.16. The molecule has 1 rings (SSSR count). The zero-order chi connectivity index (χ0) is 14.0. The summed E-state index contributed by atoms with van der Waals surface area (Å²) >= 11 is 0. The van der Waals surface area contributed by atoms with Crippen LogP contribution in [0.2, 0.25) is 0 Å². The van der Waals surface area contributed by atoms with Gasteiger partial charge in [0, 0.05) is 0 Å². The molecule has 1 atom stereocenters. The van der Waals surface area contributed by atoms with Gasteiger partial charge in [0.15, 0.2) is 0 Å². The molecule has 1 unspecified atom stereocenters. The van der Waals surface area contributed by atoms with E-state index in [1.54, 1.807) is 6.92 Å². The maximum Gasteiger partial charge on any atom is 0.416 e. The first kappa shape index (κ1) is 14.5. The molecule has 0 fully saturated rings. The molecule has 4 N–H and O–H groups in total. The van der Waals surface area contributed by atoms with E-state index in [4.69, 9.17) is 11.5 Å². The lowest BCUT2D eigenvalue weighted by atomic mass is 9.85. The third kappa shape index (κ3) is 2.81. The third-order valence-corrected chi connectivity index (χ3v) is 2.79. The van der Waals surface area contributed by atoms with Crippen LogP contribution in [0.5, 0.6) is 0 Å². The van der Waals surface area contributed by atoms with E-state index in [1.807, 2.05) is 0 Å². The molecule has 1 amide bonds. The lowest BCUT2D eigenvalue weighted by Gasteiger charge is -2.26. The van der Waals surface area contributed by atoms with E-state index in [0.29, 0.717) is 6.42 Å². The van der Waals surface area contributed by atoms with Crippen LogP contribution in [0.15, 0.2) is 24.3 Å². The smallest absolute Gasteiger partial charge is 0.368 e. The summed E-state index contributed by atoms with van der Waals surface area (Å²) in [6.45, 7) is 1.78. The molecule has 0 radical (unpaired) electrons. The van der Waals surface area contributed by atoms with Crippen molar-refractivity contribution in [2.45, 2.75) is 31.5 Å². The van der Waals surface area contributed by atoms with E-state index in [9.17, 15) is 18.0 Å². The minimum atomic E-state index is -4.47. The van der Waals surface area contributed by atoms with Crippen molar-refractivity contribution in [3.63, 3.8) is 0 Å². The second kappa shape index (κ2) is 4.97. The topological polar surface area (TPSA) is 69.1 Å². The first-order chi connectivity index (χ1) is 8.21. The van der Waals surface area contributed by atoms with Crippen molar-refractivity contribution in [3.8, 4) is 0 Å². The van der Waals surface area contributed by atoms with Gasteiger partial charge in [0.2, 0.25) is 5.91 Å². The van der Waals surface area contributed by atoms with E-state index in [1.165, 1.54) is 12.1 Å². The molecule has 1 aromatic rings. The SMILES string of the molecule is CCCC(N)(C(N)=O)c1cccc(C(F)(F)F)c1. The standard InChI is InChI=1S/C12H15F3N2O/c1-2-6-11(17,10(16)18)8-4-3-5-9(7-8)12(13,14)15/h3-5,7H,2,6,17H2,1H3,(H2,16,18). The first-order valence-corrected chi connectivity index (χ1v) is 5.48. The van der Waals surface area contributed by atoms with Gasteiger partial charge in [-0.1, -0.05) is 25.5 Å². The number of alkyl halides is 3. The van der Waals surface area contributed by atoms with E-state index in [0.717, 1.165) is 12.1 Å². The number of halogens is 3. The molecule has 0 aliphatic carbocycles. The Morgan fingerprint density at radius 3 is 2.28 bits per heavy atom. The van der Waals surface area contributed by atoms with E-state index < -0.39 is 23.2 Å². The number of carbonyl (C=O) groups is 1. The van der Waals surface area contributed by atoms with Crippen molar-refractivity contribution in [2.75, 3.05) is 0 Å². The normalized spacial score (nSPS) is 15.2. The van der Waals surface area contributed by atoms with Gasteiger partial charge in [0.25, 0.3) is 0 Å². The van der Waals surface area contributed by atoms with Crippen LogP contribution in [0.1, 0.15) is 30.9 Å². The predicted octanol–water partition coefficient (Wildman–Crippen LogP) is 2.14. The number of benzene rings is 1. The van der Waals surface area contributed by atoms with Gasteiger partial charge in [-0.3, -0.25) is 4.79 Å². The van der Waals surface area contributed by atoms with Gasteiger partial charge in [-0.05, 0) is 24.1 Å². The highest BCUT2D eigenvalue weighted by atomic mass is 19.4. The van der Waals surface area contributed by atoms with Crippen LogP contribution in [-0.4, -0.2) is 5.91 Å². The summed E-state index contributed by atoms with van der Waals surface area (Å²) in [4.78, 5) is 11.4. The van der Waals surface area contributed by atoms with Crippen molar-refractivity contribution in [1.82, 2.24) is 0 Å².